The van der Waals surface area contributed by atoms with Gasteiger partial charge in [0.1, 0.15) is 11.3 Å². The topological polar surface area (TPSA) is 190 Å². The van der Waals surface area contributed by atoms with Gasteiger partial charge in [-0.2, -0.15) is 0 Å². The van der Waals surface area contributed by atoms with Gasteiger partial charge >= 0.3 is 0 Å². The standard InChI is InChI=1S/C23H22ClNO10/c1-9(26)12-5-4-11(24)6-13(12)14-7-16(27)25(8-15(14)35-3)10(2)23(33,34)17-18(28)20(30)22(32)21(31)19(17)29/h4-8,10,28-34H,1-3H3. The molecule has 0 fully saturated rings. The van der Waals surface area contributed by atoms with Crippen molar-refractivity contribution in [1.29, 1.82) is 0 Å². The van der Waals surface area contributed by atoms with Gasteiger partial charge in [-0.25, -0.2) is 0 Å². The fourth-order valence-electron chi connectivity index (χ4n) is 3.69. The van der Waals surface area contributed by atoms with Gasteiger partial charge < -0.3 is 45.0 Å². The lowest BCUT2D eigenvalue weighted by Crippen LogP contribution is -2.39. The van der Waals surface area contributed by atoms with Crippen LogP contribution in [0.2, 0.25) is 5.02 Å². The smallest absolute Gasteiger partial charge is 0.251 e. The van der Waals surface area contributed by atoms with Gasteiger partial charge in [0.05, 0.1) is 19.3 Å². The number of hydrogen-bond acceptors (Lipinski definition) is 10. The highest BCUT2D eigenvalue weighted by molar-refractivity contribution is 6.31. The Balaban J connectivity index is 2.23. The van der Waals surface area contributed by atoms with Crippen molar-refractivity contribution in [2.75, 3.05) is 7.11 Å². The number of phenols is 5. The Kier molecular flexibility index (Phi) is 6.62. The first-order chi connectivity index (χ1) is 16.2. The van der Waals surface area contributed by atoms with Gasteiger partial charge in [-0.1, -0.05) is 11.6 Å². The molecule has 0 bridgehead atoms. The number of methoxy groups -OCH3 is 1. The Bertz CT molecular complexity index is 1370. The minimum absolute atomic E-state index is 0.0295. The number of ether oxygens (including phenoxy) is 1. The zero-order chi connectivity index (χ0) is 26.4. The summed E-state index contributed by atoms with van der Waals surface area (Å²) in [6.45, 7) is 2.45. The summed E-state index contributed by atoms with van der Waals surface area (Å²) in [4.78, 5) is 25.1. The summed E-state index contributed by atoms with van der Waals surface area (Å²) in [6.07, 6.45) is 1.10. The zero-order valence-electron chi connectivity index (χ0n) is 18.6. The molecule has 1 unspecified atom stereocenters. The number of Topliss-reactive ketones (excluding diaryl/α,β-unsaturated/α-hetero) is 1. The highest BCUT2D eigenvalue weighted by Gasteiger charge is 2.43. The van der Waals surface area contributed by atoms with Crippen LogP contribution in [0.15, 0.2) is 35.3 Å². The van der Waals surface area contributed by atoms with E-state index < -0.39 is 51.7 Å². The van der Waals surface area contributed by atoms with Crippen LogP contribution in [0.4, 0.5) is 0 Å². The number of pyridine rings is 1. The van der Waals surface area contributed by atoms with Crippen molar-refractivity contribution in [3.63, 3.8) is 0 Å². The third-order valence-corrected chi connectivity index (χ3v) is 5.89. The molecule has 35 heavy (non-hydrogen) atoms. The van der Waals surface area contributed by atoms with Gasteiger partial charge in [0.25, 0.3) is 5.56 Å². The molecule has 1 heterocycles. The number of phenolic OH excluding ortho intramolecular Hbond substituents is 5. The van der Waals surface area contributed by atoms with Gasteiger partial charge in [0.2, 0.25) is 23.0 Å². The minimum Gasteiger partial charge on any atom is -0.504 e. The third-order valence-electron chi connectivity index (χ3n) is 5.65. The predicted octanol–water partition coefficient (Wildman–Crippen LogP) is 2.31. The molecule has 0 amide bonds. The van der Waals surface area contributed by atoms with Gasteiger partial charge in [-0.15, -0.1) is 0 Å². The second-order valence-corrected chi connectivity index (χ2v) is 8.20. The fraction of sp³-hybridized carbons (Fsp3) is 0.217. The second-order valence-electron chi connectivity index (χ2n) is 7.77. The minimum atomic E-state index is -3.27. The number of nitrogens with zero attached hydrogens (tertiary/aromatic N) is 1. The number of rotatable bonds is 6. The molecule has 2 aromatic carbocycles. The van der Waals surface area contributed by atoms with E-state index in [4.69, 9.17) is 16.3 Å². The first kappa shape index (κ1) is 25.7. The van der Waals surface area contributed by atoms with Crippen molar-refractivity contribution >= 4 is 17.4 Å². The van der Waals surface area contributed by atoms with E-state index in [1.165, 1.54) is 32.2 Å². The molecule has 0 radical (unpaired) electrons. The summed E-state index contributed by atoms with van der Waals surface area (Å²) >= 11 is 6.07. The molecule has 3 rings (SSSR count). The number of aromatic hydroxyl groups is 5. The first-order valence-electron chi connectivity index (χ1n) is 9.98. The number of aliphatic hydroxyl groups is 2. The number of carbonyl (C=O) groups is 1. The van der Waals surface area contributed by atoms with E-state index >= 15 is 0 Å². The molecule has 0 aliphatic heterocycles. The molecule has 0 aliphatic rings. The lowest BCUT2D eigenvalue weighted by molar-refractivity contribution is -0.202. The molecule has 0 spiro atoms. The van der Waals surface area contributed by atoms with Gasteiger partial charge in [0.15, 0.2) is 17.3 Å². The monoisotopic (exact) mass is 507 g/mol. The number of carbonyl (C=O) groups excluding carboxylic acids is 1. The molecule has 7 N–H and O–H groups in total. The van der Waals surface area contributed by atoms with Crippen molar-refractivity contribution < 1.29 is 45.3 Å². The predicted molar refractivity (Wildman–Crippen MR) is 123 cm³/mol. The Hall–Kier alpha value is -3.93. The van der Waals surface area contributed by atoms with E-state index in [0.29, 0.717) is 5.56 Å². The van der Waals surface area contributed by atoms with E-state index in [1.807, 2.05) is 0 Å². The van der Waals surface area contributed by atoms with Gasteiger partial charge in [0, 0.05) is 22.2 Å². The second kappa shape index (κ2) is 9.02. The average Bonchev–Trinajstić information content (AvgIpc) is 2.80. The lowest BCUT2D eigenvalue weighted by atomic mass is 9.94. The summed E-state index contributed by atoms with van der Waals surface area (Å²) in [7, 11) is 1.27. The molecule has 0 aliphatic carbocycles. The number of aromatic nitrogens is 1. The van der Waals surface area contributed by atoms with Crippen LogP contribution in [0.5, 0.6) is 34.5 Å². The fourth-order valence-corrected chi connectivity index (χ4v) is 3.86. The van der Waals surface area contributed by atoms with Crippen LogP contribution in [-0.4, -0.2) is 53.2 Å². The Labute approximate surface area is 202 Å². The maximum atomic E-state index is 13.0. The summed E-state index contributed by atoms with van der Waals surface area (Å²) in [6, 6.07) is 3.84. The Morgan fingerprint density at radius 1 is 0.971 bits per heavy atom. The van der Waals surface area contributed by atoms with E-state index in [-0.39, 0.29) is 27.7 Å². The van der Waals surface area contributed by atoms with Crippen LogP contribution >= 0.6 is 11.6 Å². The maximum absolute atomic E-state index is 13.0. The van der Waals surface area contributed by atoms with Crippen LogP contribution in [0, 0.1) is 0 Å². The number of ketones is 1. The van der Waals surface area contributed by atoms with Crippen molar-refractivity contribution in [3.05, 3.63) is 57.0 Å². The van der Waals surface area contributed by atoms with Crippen LogP contribution in [0.1, 0.15) is 35.8 Å². The van der Waals surface area contributed by atoms with E-state index in [0.717, 1.165) is 23.8 Å². The van der Waals surface area contributed by atoms with Crippen LogP contribution in [0.3, 0.4) is 0 Å². The van der Waals surface area contributed by atoms with Crippen LogP contribution in [0.25, 0.3) is 11.1 Å². The molecule has 1 aromatic heterocycles. The summed E-state index contributed by atoms with van der Waals surface area (Å²) in [5, 5.41) is 71.3. The van der Waals surface area contributed by atoms with Gasteiger partial charge in [-0.3, -0.25) is 9.59 Å². The Morgan fingerprint density at radius 2 is 1.51 bits per heavy atom. The van der Waals surface area contributed by atoms with Crippen molar-refractivity contribution in [2.45, 2.75) is 25.7 Å². The van der Waals surface area contributed by atoms with Crippen LogP contribution in [-0.2, 0) is 5.79 Å². The number of hydrogen-bond donors (Lipinski definition) is 7. The summed E-state index contributed by atoms with van der Waals surface area (Å²) in [5.74, 6) is -10.2. The largest absolute Gasteiger partial charge is 0.504 e. The lowest BCUT2D eigenvalue weighted by Gasteiger charge is -2.32. The quantitative estimate of drug-likeness (QED) is 0.113. The molecular weight excluding hydrogens is 486 g/mol. The Morgan fingerprint density at radius 3 is 2.03 bits per heavy atom. The summed E-state index contributed by atoms with van der Waals surface area (Å²) < 4.78 is 6.14. The van der Waals surface area contributed by atoms with Crippen molar-refractivity contribution in [1.82, 2.24) is 4.57 Å². The molecular formula is C23H22ClNO10. The van der Waals surface area contributed by atoms with E-state index in [9.17, 15) is 45.3 Å². The normalized spacial score (nSPS) is 12.4. The highest BCUT2D eigenvalue weighted by atomic mass is 35.5. The molecule has 0 saturated carbocycles. The maximum Gasteiger partial charge on any atom is 0.251 e. The zero-order valence-corrected chi connectivity index (χ0v) is 19.4. The first-order valence-corrected chi connectivity index (χ1v) is 10.4. The SMILES string of the molecule is COc1cn(C(C)C(O)(O)c2c(O)c(O)c(O)c(O)c2O)c(=O)cc1-c1cc(Cl)ccc1C(C)=O. The molecule has 1 atom stereocenters. The molecule has 11 nitrogen and oxygen atoms in total. The van der Waals surface area contributed by atoms with Gasteiger partial charge in [-0.05, 0) is 37.6 Å². The third kappa shape index (κ3) is 4.20. The van der Waals surface area contributed by atoms with Crippen molar-refractivity contribution in [3.8, 4) is 45.6 Å². The average molecular weight is 508 g/mol. The van der Waals surface area contributed by atoms with Crippen LogP contribution < -0.4 is 10.3 Å². The summed E-state index contributed by atoms with van der Waals surface area (Å²) in [5.41, 5.74) is -1.26. The number of halogens is 1. The molecule has 186 valence electrons. The van der Waals surface area contributed by atoms with E-state index in [1.54, 1.807) is 0 Å². The number of benzene rings is 2. The van der Waals surface area contributed by atoms with Crippen molar-refractivity contribution in [2.24, 2.45) is 0 Å². The highest BCUT2D eigenvalue weighted by Crippen LogP contribution is 2.55. The molecule has 12 heteroatoms. The molecule has 0 saturated heterocycles. The van der Waals surface area contributed by atoms with E-state index in [2.05, 4.69) is 0 Å². The molecule has 3 aromatic rings.